The molecular formula is C20H16N4O3S. The van der Waals surface area contributed by atoms with Crippen LogP contribution in [0.5, 0.6) is 0 Å². The highest BCUT2D eigenvalue weighted by Crippen LogP contribution is 2.32. The van der Waals surface area contributed by atoms with Crippen LogP contribution in [-0.2, 0) is 4.79 Å². The molecule has 8 heteroatoms. The van der Waals surface area contributed by atoms with E-state index in [2.05, 4.69) is 16.6 Å². The van der Waals surface area contributed by atoms with Gasteiger partial charge in [-0.05, 0) is 42.1 Å². The summed E-state index contributed by atoms with van der Waals surface area (Å²) < 4.78 is 0. The highest BCUT2D eigenvalue weighted by Gasteiger charge is 2.32. The Bertz CT molecular complexity index is 1000. The van der Waals surface area contributed by atoms with Crippen molar-refractivity contribution in [2.45, 2.75) is 0 Å². The van der Waals surface area contributed by atoms with Crippen LogP contribution < -0.4 is 0 Å². The molecule has 1 aromatic heterocycles. The summed E-state index contributed by atoms with van der Waals surface area (Å²) in [5.74, 6) is -0.195. The lowest BCUT2D eigenvalue weighted by molar-refractivity contribution is -0.385. The van der Waals surface area contributed by atoms with Crippen LogP contribution in [0.4, 0.5) is 11.4 Å². The maximum atomic E-state index is 12.7. The number of carbonyl (C=O) groups is 1. The zero-order chi connectivity index (χ0) is 19.9. The van der Waals surface area contributed by atoms with Crippen LogP contribution in [-0.4, -0.2) is 32.4 Å². The average Bonchev–Trinajstić information content (AvgIpc) is 2.98. The van der Waals surface area contributed by atoms with Crippen LogP contribution in [0.3, 0.4) is 0 Å². The number of nitro benzene ring substituents is 1. The van der Waals surface area contributed by atoms with E-state index in [9.17, 15) is 14.9 Å². The zero-order valence-electron chi connectivity index (χ0n) is 14.8. The lowest BCUT2D eigenvalue weighted by Gasteiger charge is -2.12. The second-order valence-corrected chi connectivity index (χ2v) is 6.63. The molecule has 0 N–H and O–H groups in total. The molecule has 0 atom stereocenters. The smallest absolute Gasteiger partial charge is 0.276 e. The topological polar surface area (TPSA) is 88.7 Å². The lowest BCUT2D eigenvalue weighted by atomic mass is 10.1. The molecular weight excluding hydrogens is 376 g/mol. The van der Waals surface area contributed by atoms with Gasteiger partial charge < -0.3 is 0 Å². The molecule has 1 saturated heterocycles. The van der Waals surface area contributed by atoms with E-state index in [0.29, 0.717) is 27.9 Å². The lowest BCUT2D eigenvalue weighted by Crippen LogP contribution is -2.29. The Hall–Kier alpha value is -3.52. The molecule has 2 heterocycles. The normalized spacial score (nSPS) is 17.0. The number of hydrogen-bond donors (Lipinski definition) is 0. The quantitative estimate of drug-likeness (QED) is 0.316. The molecule has 1 amide bonds. The van der Waals surface area contributed by atoms with Crippen molar-refractivity contribution in [3.8, 4) is 0 Å². The summed E-state index contributed by atoms with van der Waals surface area (Å²) in [6, 6.07) is 9.99. The van der Waals surface area contributed by atoms with Crippen LogP contribution in [0.2, 0.25) is 0 Å². The first-order valence-corrected chi connectivity index (χ1v) is 9.13. The monoisotopic (exact) mass is 392 g/mol. The number of benzene rings is 1. The number of thioether (sulfide) groups is 1. The summed E-state index contributed by atoms with van der Waals surface area (Å²) in [6.45, 7) is 4.01. The Kier molecular flexibility index (Phi) is 6.13. The molecule has 0 saturated carbocycles. The number of para-hydroxylation sites is 1. The third-order valence-corrected chi connectivity index (χ3v) is 4.75. The van der Waals surface area contributed by atoms with Gasteiger partial charge in [0, 0.05) is 18.8 Å². The third-order valence-electron chi connectivity index (χ3n) is 3.73. The number of nitrogens with zero attached hydrogens (tertiary/aromatic N) is 4. The Labute approximate surface area is 166 Å². The number of amides is 1. The number of amidine groups is 1. The van der Waals surface area contributed by atoms with Gasteiger partial charge in [0.1, 0.15) is 0 Å². The minimum atomic E-state index is -0.438. The van der Waals surface area contributed by atoms with Crippen LogP contribution in [0.25, 0.3) is 6.08 Å². The predicted molar refractivity (Wildman–Crippen MR) is 111 cm³/mol. The molecule has 28 heavy (non-hydrogen) atoms. The maximum Gasteiger partial charge on any atom is 0.276 e. The average molecular weight is 392 g/mol. The Balaban J connectivity index is 1.86. The van der Waals surface area contributed by atoms with Crippen LogP contribution in [0.15, 0.2) is 83.5 Å². The highest BCUT2D eigenvalue weighted by molar-refractivity contribution is 8.18. The second kappa shape index (κ2) is 8.92. The number of aliphatic imine (C=N–C) groups is 1. The van der Waals surface area contributed by atoms with Gasteiger partial charge in [0.2, 0.25) is 0 Å². The molecule has 0 unspecified atom stereocenters. The van der Waals surface area contributed by atoms with Gasteiger partial charge in [0.15, 0.2) is 5.17 Å². The molecule has 3 rings (SSSR count). The van der Waals surface area contributed by atoms with Gasteiger partial charge in [-0.1, -0.05) is 24.3 Å². The number of nitro groups is 1. The van der Waals surface area contributed by atoms with E-state index in [4.69, 9.17) is 0 Å². The van der Waals surface area contributed by atoms with Crippen LogP contribution in [0.1, 0.15) is 5.56 Å². The van der Waals surface area contributed by atoms with Crippen molar-refractivity contribution in [2.24, 2.45) is 4.99 Å². The van der Waals surface area contributed by atoms with E-state index in [1.807, 2.05) is 0 Å². The number of pyridine rings is 1. The van der Waals surface area contributed by atoms with E-state index in [1.165, 1.54) is 22.7 Å². The van der Waals surface area contributed by atoms with Crippen molar-refractivity contribution in [3.63, 3.8) is 0 Å². The summed E-state index contributed by atoms with van der Waals surface area (Å²) >= 11 is 1.23. The minimum Gasteiger partial charge on any atom is -0.283 e. The van der Waals surface area contributed by atoms with E-state index in [-0.39, 0.29) is 11.6 Å². The SMILES string of the molecule is C=CCN1C(=O)/C(=C/C=C/c2ccccc2[N+](=O)[O-])SC1=Nc1cccnc1. The van der Waals surface area contributed by atoms with Gasteiger partial charge in [-0.3, -0.25) is 24.8 Å². The number of hydrogen-bond acceptors (Lipinski definition) is 6. The molecule has 1 fully saturated rings. The van der Waals surface area contributed by atoms with Gasteiger partial charge in [-0.2, -0.15) is 0 Å². The molecule has 0 aliphatic carbocycles. The first kappa shape index (κ1) is 19.2. The number of carbonyl (C=O) groups excluding carboxylic acids is 1. The number of rotatable bonds is 6. The Morgan fingerprint density at radius 3 is 2.82 bits per heavy atom. The van der Waals surface area contributed by atoms with Crippen molar-refractivity contribution < 1.29 is 9.72 Å². The van der Waals surface area contributed by atoms with Gasteiger partial charge in [-0.15, -0.1) is 6.58 Å². The molecule has 2 aromatic rings. The standard InChI is InChI=1S/C20H16N4O3S/c1-2-13-23-19(25)18(28-20(23)22-16-9-6-12-21-14-16)11-5-8-15-7-3-4-10-17(15)24(26)27/h2-12,14H,1,13H2/b8-5+,18-11-,22-20?. The number of allylic oxidation sites excluding steroid dienone is 2. The summed E-state index contributed by atoms with van der Waals surface area (Å²) in [4.78, 5) is 33.8. The molecule has 1 aromatic carbocycles. The summed E-state index contributed by atoms with van der Waals surface area (Å²) in [6.07, 6.45) is 9.75. The Morgan fingerprint density at radius 2 is 2.11 bits per heavy atom. The van der Waals surface area contributed by atoms with Gasteiger partial charge in [0.05, 0.1) is 27.3 Å². The predicted octanol–water partition coefficient (Wildman–Crippen LogP) is 4.34. The molecule has 0 spiro atoms. The number of aromatic nitrogens is 1. The molecule has 0 radical (unpaired) electrons. The summed E-state index contributed by atoms with van der Waals surface area (Å²) in [5, 5.41) is 11.6. The van der Waals surface area contributed by atoms with Crippen molar-refractivity contribution in [2.75, 3.05) is 6.54 Å². The zero-order valence-corrected chi connectivity index (χ0v) is 15.6. The van der Waals surface area contributed by atoms with Gasteiger partial charge in [-0.25, -0.2) is 4.99 Å². The van der Waals surface area contributed by atoms with E-state index >= 15 is 0 Å². The van der Waals surface area contributed by atoms with Gasteiger partial charge >= 0.3 is 0 Å². The largest absolute Gasteiger partial charge is 0.283 e. The van der Waals surface area contributed by atoms with E-state index in [1.54, 1.807) is 67.0 Å². The van der Waals surface area contributed by atoms with E-state index < -0.39 is 4.92 Å². The highest BCUT2D eigenvalue weighted by atomic mass is 32.2. The fourth-order valence-electron chi connectivity index (χ4n) is 2.46. The van der Waals surface area contributed by atoms with Gasteiger partial charge in [0.25, 0.3) is 11.6 Å². The fourth-order valence-corrected chi connectivity index (χ4v) is 3.42. The fraction of sp³-hybridized carbons (Fsp3) is 0.0500. The minimum absolute atomic E-state index is 0.00895. The summed E-state index contributed by atoms with van der Waals surface area (Å²) in [5.41, 5.74) is 1.12. The first-order valence-electron chi connectivity index (χ1n) is 8.31. The molecule has 140 valence electrons. The third kappa shape index (κ3) is 4.41. The molecule has 7 nitrogen and oxygen atoms in total. The van der Waals surface area contributed by atoms with Crippen molar-refractivity contribution >= 4 is 40.3 Å². The second-order valence-electron chi connectivity index (χ2n) is 5.62. The van der Waals surface area contributed by atoms with Crippen molar-refractivity contribution in [3.05, 3.63) is 94.2 Å². The maximum absolute atomic E-state index is 12.7. The molecule has 0 bridgehead atoms. The van der Waals surface area contributed by atoms with Crippen molar-refractivity contribution in [1.82, 2.24) is 9.88 Å². The molecule has 1 aliphatic rings. The van der Waals surface area contributed by atoms with Crippen molar-refractivity contribution in [1.29, 1.82) is 0 Å². The van der Waals surface area contributed by atoms with E-state index in [0.717, 1.165) is 0 Å². The first-order chi connectivity index (χ1) is 13.6. The molecule has 1 aliphatic heterocycles. The van der Waals surface area contributed by atoms with Crippen LogP contribution >= 0.6 is 11.8 Å². The Morgan fingerprint density at radius 1 is 1.29 bits per heavy atom. The van der Waals surface area contributed by atoms with Crippen LogP contribution in [0, 0.1) is 10.1 Å². The summed E-state index contributed by atoms with van der Waals surface area (Å²) in [7, 11) is 0.